The molecule has 1 saturated heterocycles. The van der Waals surface area contributed by atoms with Gasteiger partial charge in [0.2, 0.25) is 5.60 Å². The van der Waals surface area contributed by atoms with Crippen molar-refractivity contribution in [3.05, 3.63) is 34.3 Å². The summed E-state index contributed by atoms with van der Waals surface area (Å²) in [7, 11) is -1.00. The molecule has 1 aromatic rings. The molecule has 0 bridgehead atoms. The minimum Gasteiger partial charge on any atom is -1.00 e. The molecule has 1 fully saturated rings. The van der Waals surface area contributed by atoms with Crippen LogP contribution in [0.25, 0.3) is 0 Å². The number of alkyl halides is 1. The van der Waals surface area contributed by atoms with E-state index in [2.05, 4.69) is 53.8 Å². The number of ether oxygens (including phenoxy) is 1. The molecule has 2 aliphatic heterocycles. The van der Waals surface area contributed by atoms with Gasteiger partial charge in [0.05, 0.1) is 44.8 Å². The van der Waals surface area contributed by atoms with Gasteiger partial charge in [0.25, 0.3) is 6.47 Å². The van der Waals surface area contributed by atoms with E-state index in [9.17, 15) is 9.50 Å². The zero-order valence-corrected chi connectivity index (χ0v) is 33.7. The first kappa shape index (κ1) is 37.4. The van der Waals surface area contributed by atoms with Crippen molar-refractivity contribution >= 4 is 44.5 Å². The third kappa shape index (κ3) is 30.8. The summed E-state index contributed by atoms with van der Waals surface area (Å²) < 4.78 is 24.0. The van der Waals surface area contributed by atoms with Crippen LogP contribution in [0.15, 0.2) is 32.4 Å². The first-order chi connectivity index (χ1) is 13.4. The minimum absolute atomic E-state index is 0. The number of carbonyl (C=O) groups excluding carboxylic acids is 1. The molecule has 8 nitrogen and oxygen atoms in total. The molecule has 1 N–H and O–H groups in total. The molecule has 0 radical (unpaired) electrons. The van der Waals surface area contributed by atoms with Gasteiger partial charge < -0.3 is 21.4 Å². The fourth-order valence-corrected chi connectivity index (χ4v) is 1.89. The molecule has 0 amide bonds. The van der Waals surface area contributed by atoms with Crippen LogP contribution in [-0.2, 0) is 21.0 Å². The van der Waals surface area contributed by atoms with E-state index in [1.807, 2.05) is 19.2 Å². The summed E-state index contributed by atoms with van der Waals surface area (Å²) in [5.41, 5.74) is -0.703. The maximum absolute atomic E-state index is 9.96. The largest absolute Gasteiger partial charge is 1.00 e. The van der Waals surface area contributed by atoms with E-state index in [-0.39, 0.29) is 151 Å². The van der Waals surface area contributed by atoms with Gasteiger partial charge in [-0.1, -0.05) is 0 Å². The third-order valence-electron chi connectivity index (χ3n) is 2.43. The molecule has 0 aromatic carbocycles. The number of aliphatic hydroxyl groups is 1. The molecule has 30 heavy (non-hydrogen) atoms. The van der Waals surface area contributed by atoms with E-state index >= 15 is 0 Å². The van der Waals surface area contributed by atoms with E-state index in [1.54, 1.807) is 30.9 Å². The average Bonchev–Trinajstić information content (AvgIpc) is 2.98. The van der Waals surface area contributed by atoms with Crippen LogP contribution in [0.2, 0.25) is 0 Å². The van der Waals surface area contributed by atoms with Gasteiger partial charge >= 0.3 is 138 Å². The molecule has 3 heterocycles. The van der Waals surface area contributed by atoms with E-state index in [0.717, 1.165) is 22.1 Å². The Kier molecular flexibility index (Phi) is 29.4. The fourth-order valence-electron chi connectivity index (χ4n) is 1.28. The normalized spacial score (nSPS) is 17.6. The molecular weight excluding hydrogens is 771 g/mol. The predicted molar refractivity (Wildman–Crippen MR) is 112 cm³/mol. The number of rotatable bonds is 3. The van der Waals surface area contributed by atoms with Crippen LogP contribution in [0.4, 0.5) is 4.39 Å². The SMILES string of the molecule is BrC1=CCN=C1.CC(C)(O)Cn1cc(Br)cn1.O=CO[O-].[2H]CF.[CH2+]C1(C)CO1.[Cs+].[Cs+].[H-]. The maximum Gasteiger partial charge on any atom is 1.00 e. The second-order valence-corrected chi connectivity index (χ2v) is 8.01. The Morgan fingerprint density at radius 3 is 2.23 bits per heavy atom. The molecule has 1 atom stereocenters. The fraction of sp³-hybridized carbons (Fsp3) is 0.529. The van der Waals surface area contributed by atoms with Crippen molar-refractivity contribution in [2.45, 2.75) is 38.5 Å². The summed E-state index contributed by atoms with van der Waals surface area (Å²) in [5, 5.41) is 21.8. The number of nitrogens with zero attached hydrogens (tertiary/aromatic N) is 3. The predicted octanol–water partition coefficient (Wildman–Crippen LogP) is -3.48. The van der Waals surface area contributed by atoms with Gasteiger partial charge in [-0.3, -0.25) is 18.9 Å². The smallest absolute Gasteiger partial charge is 1.00 e. The van der Waals surface area contributed by atoms with Crippen molar-refractivity contribution in [3.8, 4) is 0 Å². The Morgan fingerprint density at radius 2 is 2.07 bits per heavy atom. The van der Waals surface area contributed by atoms with Gasteiger partial charge in [-0.05, 0) is 51.8 Å². The van der Waals surface area contributed by atoms with Crippen LogP contribution in [0.1, 0.15) is 23.6 Å². The molecule has 2 aliphatic rings. The zero-order chi connectivity index (χ0) is 22.9. The van der Waals surface area contributed by atoms with Gasteiger partial charge in [-0.25, -0.2) is 0 Å². The molecule has 162 valence electrons. The molecule has 0 spiro atoms. The van der Waals surface area contributed by atoms with E-state index in [4.69, 9.17) is 16.2 Å². The Balaban J connectivity index is -0.000000100. The summed E-state index contributed by atoms with van der Waals surface area (Å²) >= 11 is 6.52. The summed E-state index contributed by atoms with van der Waals surface area (Å²) in [4.78, 5) is 15.1. The van der Waals surface area contributed by atoms with Gasteiger partial charge in [0.15, 0.2) is 0 Å². The van der Waals surface area contributed by atoms with E-state index in [0.29, 0.717) is 6.54 Å². The van der Waals surface area contributed by atoms with E-state index < -0.39 is 12.8 Å². The van der Waals surface area contributed by atoms with Gasteiger partial charge in [-0.2, -0.15) is 5.10 Å². The number of aromatic nitrogens is 2. The van der Waals surface area contributed by atoms with Crippen molar-refractivity contribution < 1.29 is 170 Å². The number of halogens is 3. The standard InChI is InChI=1S/C7H11BrN2O.C4H4BrN.C4H7O.CH3F.CH2O3.2Cs.H/c1-7(2,11)5-10-4-6(8)3-9-10;5-4-1-2-6-3-4;1-4(2)3-5-4;1-2;2-1-4-3;;;/h3-4,11H,5H2,1-2H3;1,3H,2H2;1,3H2,2H3;1H3;1,3H;;;/q;;+1;;;2*+1;-1/p-1/i;;;1D;;;;. The number of hydrogen-bond donors (Lipinski definition) is 1. The first-order valence-corrected chi connectivity index (χ1v) is 9.32. The Bertz CT molecular complexity index is 629. The van der Waals surface area contributed by atoms with Crippen LogP contribution >= 0.6 is 31.9 Å². The van der Waals surface area contributed by atoms with Crippen molar-refractivity contribution in [1.82, 2.24) is 9.78 Å². The van der Waals surface area contributed by atoms with Crippen LogP contribution in [-0.4, -0.2) is 59.1 Å². The van der Waals surface area contributed by atoms with Crippen molar-refractivity contribution in [2.75, 3.05) is 20.3 Å². The van der Waals surface area contributed by atoms with Crippen LogP contribution in [0.5, 0.6) is 0 Å². The van der Waals surface area contributed by atoms with Crippen molar-refractivity contribution in [3.63, 3.8) is 0 Å². The minimum atomic E-state index is -1.00. The van der Waals surface area contributed by atoms with E-state index in [1.165, 1.54) is 0 Å². The number of aliphatic imine (C=N–C) groups is 1. The van der Waals surface area contributed by atoms with Crippen LogP contribution in [0.3, 0.4) is 0 Å². The van der Waals surface area contributed by atoms with Crippen LogP contribution in [0, 0.1) is 6.92 Å². The first-order valence-electron chi connectivity index (χ1n) is 8.44. The second-order valence-electron chi connectivity index (χ2n) is 6.18. The van der Waals surface area contributed by atoms with Gasteiger partial charge in [-0.15, -0.1) is 0 Å². The summed E-state index contributed by atoms with van der Waals surface area (Å²) in [6, 6.07) is 0. The van der Waals surface area contributed by atoms with Crippen molar-refractivity contribution in [1.29, 1.82) is 0 Å². The number of allylic oxidation sites excluding steroid dienone is 1. The molecule has 3 rings (SSSR count). The Morgan fingerprint density at radius 1 is 1.60 bits per heavy atom. The van der Waals surface area contributed by atoms with Crippen LogP contribution < -0.4 is 143 Å². The van der Waals surface area contributed by atoms with Gasteiger partial charge in [0, 0.05) is 23.8 Å². The third-order valence-corrected chi connectivity index (χ3v) is 3.37. The monoisotopic (exact) mass is 797 g/mol. The number of epoxide rings is 1. The van der Waals surface area contributed by atoms with Crippen molar-refractivity contribution in [2.24, 2.45) is 4.99 Å². The summed E-state index contributed by atoms with van der Waals surface area (Å²) in [5.74, 6) is 0. The molecule has 0 aliphatic carbocycles. The molecule has 1 unspecified atom stereocenters. The average molecular weight is 799 g/mol. The quantitative estimate of drug-likeness (QED) is 0.112. The molecule has 13 heteroatoms. The topological polar surface area (TPSA) is 112 Å². The number of hydrogen-bond acceptors (Lipinski definition) is 7. The Labute approximate surface area is 315 Å². The van der Waals surface area contributed by atoms with Gasteiger partial charge in [0.1, 0.15) is 6.61 Å². The molecule has 1 aromatic heterocycles. The summed E-state index contributed by atoms with van der Waals surface area (Å²) in [6.45, 7) is 11.2. The number of carbonyl (C=O) groups is 1. The second kappa shape index (κ2) is 23.6. The summed E-state index contributed by atoms with van der Waals surface area (Å²) in [6.07, 6.45) is 7.35. The Hall–Kier alpha value is 2.83. The molecule has 0 saturated carbocycles. The zero-order valence-electron chi connectivity index (χ0n) is 20.0. The molecular formula is C17H27Br2Cs2FN3O5+. The maximum atomic E-state index is 9.96.